The minimum Gasteiger partial charge on any atom is -0.475 e. The summed E-state index contributed by atoms with van der Waals surface area (Å²) in [5.74, 6) is -0.290. The molecule has 1 aromatic rings. The molecule has 19 heavy (non-hydrogen) atoms. The Labute approximate surface area is 113 Å². The maximum absolute atomic E-state index is 10.7. The molecule has 0 amide bonds. The van der Waals surface area contributed by atoms with Crippen LogP contribution in [0.2, 0.25) is 0 Å². The van der Waals surface area contributed by atoms with Gasteiger partial charge in [0.1, 0.15) is 5.76 Å². The van der Waals surface area contributed by atoms with Crippen molar-refractivity contribution in [2.75, 3.05) is 26.7 Å². The number of carboxylic acids is 1. The lowest BCUT2D eigenvalue weighted by Gasteiger charge is -2.27. The van der Waals surface area contributed by atoms with E-state index in [4.69, 9.17) is 9.52 Å². The second-order valence-corrected chi connectivity index (χ2v) is 5.19. The fourth-order valence-electron chi connectivity index (χ4n) is 2.79. The van der Waals surface area contributed by atoms with E-state index in [2.05, 4.69) is 23.8 Å². The van der Waals surface area contributed by atoms with Crippen molar-refractivity contribution in [3.63, 3.8) is 0 Å². The van der Waals surface area contributed by atoms with Crippen molar-refractivity contribution in [3.8, 4) is 0 Å². The van der Waals surface area contributed by atoms with Gasteiger partial charge < -0.3 is 9.52 Å². The third-order valence-electron chi connectivity index (χ3n) is 3.73. The van der Waals surface area contributed by atoms with Crippen LogP contribution in [0.3, 0.4) is 0 Å². The summed E-state index contributed by atoms with van der Waals surface area (Å²) in [4.78, 5) is 15.4. The average molecular weight is 266 g/mol. The molecule has 1 N–H and O–H groups in total. The fourth-order valence-corrected chi connectivity index (χ4v) is 2.79. The van der Waals surface area contributed by atoms with Crippen molar-refractivity contribution in [2.24, 2.45) is 0 Å². The maximum Gasteiger partial charge on any atom is 0.371 e. The molecule has 0 spiro atoms. The van der Waals surface area contributed by atoms with E-state index in [-0.39, 0.29) is 5.76 Å². The molecular formula is C14H22N2O3. The second kappa shape index (κ2) is 6.21. The Kier molecular flexibility index (Phi) is 4.61. The number of hydrogen-bond donors (Lipinski definition) is 1. The Hall–Kier alpha value is -1.33. The Balaban J connectivity index is 1.86. The topological polar surface area (TPSA) is 56.9 Å². The first-order valence-electron chi connectivity index (χ1n) is 6.84. The van der Waals surface area contributed by atoms with Crippen LogP contribution in [0.25, 0.3) is 0 Å². The number of furan rings is 1. The Morgan fingerprint density at radius 3 is 3.00 bits per heavy atom. The first-order valence-corrected chi connectivity index (χ1v) is 6.84. The molecule has 0 bridgehead atoms. The molecule has 106 valence electrons. The molecule has 1 atom stereocenters. The number of aromatic carboxylic acids is 1. The largest absolute Gasteiger partial charge is 0.475 e. The first-order chi connectivity index (χ1) is 9.10. The zero-order chi connectivity index (χ0) is 13.8. The van der Waals surface area contributed by atoms with Gasteiger partial charge in [0.05, 0.1) is 6.54 Å². The lowest BCUT2D eigenvalue weighted by atomic mass is 10.2. The minimum atomic E-state index is -1.01. The van der Waals surface area contributed by atoms with Crippen molar-refractivity contribution in [1.82, 2.24) is 9.80 Å². The minimum absolute atomic E-state index is 0.0134. The van der Waals surface area contributed by atoms with Gasteiger partial charge >= 0.3 is 5.97 Å². The highest BCUT2D eigenvalue weighted by Gasteiger charge is 2.24. The van der Waals surface area contributed by atoms with Gasteiger partial charge in [-0.2, -0.15) is 0 Å². The smallest absolute Gasteiger partial charge is 0.371 e. The quantitative estimate of drug-likeness (QED) is 0.852. The van der Waals surface area contributed by atoms with Crippen LogP contribution in [0.15, 0.2) is 16.5 Å². The molecular weight excluding hydrogens is 244 g/mol. The number of carbonyl (C=O) groups is 1. The van der Waals surface area contributed by atoms with Crippen LogP contribution in [0.5, 0.6) is 0 Å². The molecule has 1 saturated heterocycles. The third kappa shape index (κ3) is 3.58. The molecule has 0 aliphatic carbocycles. The van der Waals surface area contributed by atoms with Gasteiger partial charge in [-0.1, -0.05) is 6.92 Å². The van der Waals surface area contributed by atoms with Crippen molar-refractivity contribution >= 4 is 5.97 Å². The molecule has 1 aliphatic heterocycles. The summed E-state index contributed by atoms with van der Waals surface area (Å²) in [5, 5.41) is 8.81. The molecule has 1 aromatic heterocycles. The lowest BCUT2D eigenvalue weighted by molar-refractivity contribution is 0.0658. The zero-order valence-electron chi connectivity index (χ0n) is 11.6. The fraction of sp³-hybridized carbons (Fsp3) is 0.643. The summed E-state index contributed by atoms with van der Waals surface area (Å²) in [6.07, 6.45) is 2.52. The Morgan fingerprint density at radius 2 is 2.37 bits per heavy atom. The van der Waals surface area contributed by atoms with Crippen LogP contribution < -0.4 is 0 Å². The van der Waals surface area contributed by atoms with E-state index in [0.29, 0.717) is 18.3 Å². The number of carboxylic acid groups (broad SMARTS) is 1. The predicted octanol–water partition coefficient (Wildman–Crippen LogP) is 1.89. The van der Waals surface area contributed by atoms with E-state index in [1.165, 1.54) is 25.5 Å². The molecule has 1 fully saturated rings. The van der Waals surface area contributed by atoms with Crippen LogP contribution in [0, 0.1) is 0 Å². The van der Waals surface area contributed by atoms with Gasteiger partial charge in [0.15, 0.2) is 0 Å². The normalized spacial score (nSPS) is 20.3. The SMILES string of the molecule is CCN1CCCC1CN(C)Cc1ccc(C(=O)O)o1. The number of likely N-dealkylation sites (tertiary alicyclic amines) is 1. The van der Waals surface area contributed by atoms with E-state index < -0.39 is 5.97 Å². The van der Waals surface area contributed by atoms with Crippen LogP contribution in [0.4, 0.5) is 0 Å². The standard InChI is InChI=1S/C14H22N2O3/c1-3-16-8-4-5-11(16)9-15(2)10-12-6-7-13(19-12)14(17)18/h6-7,11H,3-5,8-10H2,1-2H3,(H,17,18). The van der Waals surface area contributed by atoms with E-state index in [0.717, 1.165) is 13.1 Å². The molecule has 2 heterocycles. The van der Waals surface area contributed by atoms with Gasteiger partial charge in [0.25, 0.3) is 0 Å². The second-order valence-electron chi connectivity index (χ2n) is 5.19. The van der Waals surface area contributed by atoms with E-state index in [1.54, 1.807) is 6.07 Å². The Bertz CT molecular complexity index is 430. The van der Waals surface area contributed by atoms with Crippen molar-refractivity contribution in [3.05, 3.63) is 23.7 Å². The lowest BCUT2D eigenvalue weighted by Crippen LogP contribution is -2.38. The predicted molar refractivity (Wildman–Crippen MR) is 72.3 cm³/mol. The molecule has 5 nitrogen and oxygen atoms in total. The van der Waals surface area contributed by atoms with E-state index >= 15 is 0 Å². The number of hydrogen-bond acceptors (Lipinski definition) is 4. The van der Waals surface area contributed by atoms with Crippen LogP contribution in [0.1, 0.15) is 36.1 Å². The summed E-state index contributed by atoms with van der Waals surface area (Å²) < 4.78 is 5.28. The first kappa shape index (κ1) is 14.1. The van der Waals surface area contributed by atoms with Gasteiger partial charge in [0.2, 0.25) is 5.76 Å². The number of nitrogens with zero attached hydrogens (tertiary/aromatic N) is 2. The molecule has 2 rings (SSSR count). The zero-order valence-corrected chi connectivity index (χ0v) is 11.6. The molecule has 0 aromatic carbocycles. The third-order valence-corrected chi connectivity index (χ3v) is 3.73. The molecule has 1 aliphatic rings. The van der Waals surface area contributed by atoms with Gasteiger partial charge in [-0.15, -0.1) is 0 Å². The Morgan fingerprint density at radius 1 is 1.58 bits per heavy atom. The highest BCUT2D eigenvalue weighted by atomic mass is 16.4. The summed E-state index contributed by atoms with van der Waals surface area (Å²) in [6.45, 7) is 6.14. The van der Waals surface area contributed by atoms with Crippen LogP contribution in [-0.2, 0) is 6.54 Å². The highest BCUT2D eigenvalue weighted by molar-refractivity contribution is 5.84. The number of rotatable bonds is 6. The summed E-state index contributed by atoms with van der Waals surface area (Å²) >= 11 is 0. The average Bonchev–Trinajstić information content (AvgIpc) is 2.97. The van der Waals surface area contributed by atoms with Gasteiger partial charge in [0, 0.05) is 12.6 Å². The molecule has 1 unspecified atom stereocenters. The highest BCUT2D eigenvalue weighted by Crippen LogP contribution is 2.18. The van der Waals surface area contributed by atoms with E-state index in [9.17, 15) is 4.79 Å². The summed E-state index contributed by atoms with van der Waals surface area (Å²) in [5.41, 5.74) is 0. The molecule has 0 radical (unpaired) electrons. The summed E-state index contributed by atoms with van der Waals surface area (Å²) in [7, 11) is 2.05. The molecule has 0 saturated carbocycles. The van der Waals surface area contributed by atoms with Crippen molar-refractivity contribution in [1.29, 1.82) is 0 Å². The van der Waals surface area contributed by atoms with E-state index in [1.807, 2.05) is 0 Å². The van der Waals surface area contributed by atoms with Gasteiger partial charge in [-0.3, -0.25) is 9.80 Å². The van der Waals surface area contributed by atoms with Crippen molar-refractivity contribution < 1.29 is 14.3 Å². The van der Waals surface area contributed by atoms with Crippen molar-refractivity contribution in [2.45, 2.75) is 32.4 Å². The van der Waals surface area contributed by atoms with Crippen LogP contribution in [-0.4, -0.2) is 53.6 Å². The van der Waals surface area contributed by atoms with Gasteiger partial charge in [-0.25, -0.2) is 4.79 Å². The summed E-state index contributed by atoms with van der Waals surface area (Å²) in [6, 6.07) is 3.87. The number of likely N-dealkylation sites (N-methyl/N-ethyl adjacent to an activating group) is 2. The van der Waals surface area contributed by atoms with Crippen LogP contribution >= 0.6 is 0 Å². The van der Waals surface area contributed by atoms with Gasteiger partial charge in [-0.05, 0) is 45.1 Å². The molecule has 5 heteroatoms. The monoisotopic (exact) mass is 266 g/mol. The maximum atomic E-state index is 10.7.